The average Bonchev–Trinajstić information content (AvgIpc) is 1.72. The first kappa shape index (κ1) is 6.04. The topological polar surface area (TPSA) is 50.0 Å². The third kappa shape index (κ3) is 1.83. The van der Waals surface area contributed by atoms with Crippen molar-refractivity contribution in [3.63, 3.8) is 0 Å². The van der Waals surface area contributed by atoms with Crippen molar-refractivity contribution in [2.24, 2.45) is 0 Å². The van der Waals surface area contributed by atoms with Gasteiger partial charge in [-0.15, -0.1) is 0 Å². The van der Waals surface area contributed by atoms with E-state index >= 15 is 0 Å². The molecule has 0 amide bonds. The molecule has 0 aromatic carbocycles. The van der Waals surface area contributed by atoms with E-state index in [1.54, 1.807) is 12.2 Å². The second-order valence-electron chi connectivity index (χ2n) is 0.850. The monoisotopic (exact) mass is 102 g/mol. The Morgan fingerprint density at radius 2 is 1.29 bits per heavy atom. The summed E-state index contributed by atoms with van der Waals surface area (Å²) < 4.78 is 0. The molecule has 0 saturated carbocycles. The molecule has 0 aromatic heterocycles. The SMILES string of the molecule is C1=COOC=C1.O. The molecule has 1 aliphatic rings. The zero-order valence-corrected chi connectivity index (χ0v) is 3.63. The standard InChI is InChI=1S/C4H4O2.H2O/c1-2-4-6-5-3-1;/h1-4H;1H2. The molecule has 0 spiro atoms. The van der Waals surface area contributed by atoms with Gasteiger partial charge in [-0.05, 0) is 12.2 Å². The van der Waals surface area contributed by atoms with Gasteiger partial charge in [-0.3, -0.25) is 9.78 Å². The van der Waals surface area contributed by atoms with Crippen molar-refractivity contribution in [3.8, 4) is 0 Å². The van der Waals surface area contributed by atoms with Gasteiger partial charge in [-0.1, -0.05) is 0 Å². The minimum absolute atomic E-state index is 0. The van der Waals surface area contributed by atoms with E-state index in [1.165, 1.54) is 12.5 Å². The highest BCUT2D eigenvalue weighted by Crippen LogP contribution is 1.89. The minimum Gasteiger partial charge on any atom is -0.412 e. The van der Waals surface area contributed by atoms with Gasteiger partial charge in [0.15, 0.2) is 0 Å². The molecule has 0 saturated heterocycles. The molecule has 0 fully saturated rings. The molecule has 40 valence electrons. The maximum absolute atomic E-state index is 4.30. The van der Waals surface area contributed by atoms with Crippen molar-refractivity contribution in [1.29, 1.82) is 0 Å². The van der Waals surface area contributed by atoms with Crippen LogP contribution in [0, 0.1) is 0 Å². The van der Waals surface area contributed by atoms with E-state index in [0.717, 1.165) is 0 Å². The molecule has 0 radical (unpaired) electrons. The smallest absolute Gasteiger partial charge is 0.142 e. The van der Waals surface area contributed by atoms with Crippen molar-refractivity contribution >= 4 is 0 Å². The Hall–Kier alpha value is -0.960. The maximum atomic E-state index is 4.30. The molecule has 0 aromatic rings. The molecule has 2 N–H and O–H groups in total. The highest BCUT2D eigenvalue weighted by Gasteiger charge is 1.75. The van der Waals surface area contributed by atoms with Gasteiger partial charge < -0.3 is 5.48 Å². The van der Waals surface area contributed by atoms with Crippen molar-refractivity contribution in [2.45, 2.75) is 0 Å². The molecular formula is C4H6O3. The lowest BCUT2D eigenvalue weighted by Gasteiger charge is -1.94. The van der Waals surface area contributed by atoms with E-state index in [1.807, 2.05) is 0 Å². The van der Waals surface area contributed by atoms with Crippen molar-refractivity contribution in [1.82, 2.24) is 0 Å². The van der Waals surface area contributed by atoms with Crippen LogP contribution in [0.2, 0.25) is 0 Å². The van der Waals surface area contributed by atoms with Gasteiger partial charge in [0.2, 0.25) is 0 Å². The van der Waals surface area contributed by atoms with Crippen molar-refractivity contribution in [2.75, 3.05) is 0 Å². The Bertz CT molecular complexity index is 72.9. The summed E-state index contributed by atoms with van der Waals surface area (Å²) >= 11 is 0. The number of rotatable bonds is 0. The Kier molecular flexibility index (Phi) is 2.79. The quantitative estimate of drug-likeness (QED) is 0.409. The van der Waals surface area contributed by atoms with Gasteiger partial charge in [0.05, 0.1) is 0 Å². The lowest BCUT2D eigenvalue weighted by Crippen LogP contribution is -1.78. The van der Waals surface area contributed by atoms with Crippen LogP contribution >= 0.6 is 0 Å². The van der Waals surface area contributed by atoms with Gasteiger partial charge >= 0.3 is 0 Å². The molecule has 0 unspecified atom stereocenters. The van der Waals surface area contributed by atoms with E-state index in [4.69, 9.17) is 0 Å². The first-order valence-corrected chi connectivity index (χ1v) is 1.64. The lowest BCUT2D eigenvalue weighted by molar-refractivity contribution is -0.198. The van der Waals surface area contributed by atoms with E-state index in [-0.39, 0.29) is 5.48 Å². The van der Waals surface area contributed by atoms with Crippen LogP contribution < -0.4 is 0 Å². The molecule has 1 aliphatic heterocycles. The zero-order valence-electron chi connectivity index (χ0n) is 3.63. The van der Waals surface area contributed by atoms with Crippen LogP contribution in [0.15, 0.2) is 24.7 Å². The fraction of sp³-hybridized carbons (Fsp3) is 0. The van der Waals surface area contributed by atoms with Gasteiger partial charge in [0.1, 0.15) is 12.5 Å². The summed E-state index contributed by atoms with van der Waals surface area (Å²) in [4.78, 5) is 8.60. The summed E-state index contributed by atoms with van der Waals surface area (Å²) in [6.07, 6.45) is 6.40. The van der Waals surface area contributed by atoms with Crippen molar-refractivity contribution in [3.05, 3.63) is 24.7 Å². The van der Waals surface area contributed by atoms with Crippen LogP contribution in [0.5, 0.6) is 0 Å². The van der Waals surface area contributed by atoms with Gasteiger partial charge in [-0.2, -0.15) is 0 Å². The largest absolute Gasteiger partial charge is 0.412 e. The zero-order chi connectivity index (χ0) is 4.24. The molecular weight excluding hydrogens is 96.0 g/mol. The maximum Gasteiger partial charge on any atom is 0.142 e. The average molecular weight is 102 g/mol. The summed E-state index contributed by atoms with van der Waals surface area (Å²) in [6, 6.07) is 0. The Morgan fingerprint density at radius 3 is 1.43 bits per heavy atom. The third-order valence-corrected chi connectivity index (χ3v) is 0.435. The van der Waals surface area contributed by atoms with Crippen LogP contribution in [0.25, 0.3) is 0 Å². The molecule has 3 nitrogen and oxygen atoms in total. The molecule has 1 heterocycles. The second-order valence-corrected chi connectivity index (χ2v) is 0.850. The summed E-state index contributed by atoms with van der Waals surface area (Å²) in [5, 5.41) is 0. The summed E-state index contributed by atoms with van der Waals surface area (Å²) in [5.74, 6) is 0. The molecule has 0 bridgehead atoms. The predicted molar refractivity (Wildman–Crippen MR) is 24.1 cm³/mol. The molecule has 7 heavy (non-hydrogen) atoms. The van der Waals surface area contributed by atoms with E-state index < -0.39 is 0 Å². The summed E-state index contributed by atoms with van der Waals surface area (Å²) in [7, 11) is 0. The predicted octanol–water partition coefficient (Wildman–Crippen LogP) is 0.151. The highest BCUT2D eigenvalue weighted by atomic mass is 17.2. The van der Waals surface area contributed by atoms with Crippen LogP contribution in [-0.2, 0) is 9.78 Å². The number of allylic oxidation sites excluding steroid dienone is 2. The number of hydrogen-bond acceptors (Lipinski definition) is 2. The Labute approximate surface area is 41.1 Å². The minimum atomic E-state index is 0. The first-order chi connectivity index (χ1) is 3.00. The summed E-state index contributed by atoms with van der Waals surface area (Å²) in [5.41, 5.74) is 0. The van der Waals surface area contributed by atoms with Crippen molar-refractivity contribution < 1.29 is 15.3 Å². The molecule has 0 atom stereocenters. The number of hydrogen-bond donors (Lipinski definition) is 0. The Balaban J connectivity index is 0.000000360. The fourth-order valence-corrected chi connectivity index (χ4v) is 0.219. The van der Waals surface area contributed by atoms with Gasteiger partial charge in [0, 0.05) is 0 Å². The lowest BCUT2D eigenvalue weighted by atomic mass is 10.6. The Morgan fingerprint density at radius 1 is 0.857 bits per heavy atom. The van der Waals surface area contributed by atoms with Crippen LogP contribution in [0.1, 0.15) is 0 Å². The fourth-order valence-electron chi connectivity index (χ4n) is 0.219. The second kappa shape index (κ2) is 3.24. The van der Waals surface area contributed by atoms with E-state index in [2.05, 4.69) is 9.78 Å². The third-order valence-electron chi connectivity index (χ3n) is 0.435. The normalized spacial score (nSPS) is 13.7. The van der Waals surface area contributed by atoms with Crippen LogP contribution in [-0.4, -0.2) is 5.48 Å². The highest BCUT2D eigenvalue weighted by molar-refractivity contribution is 4.97. The van der Waals surface area contributed by atoms with Crippen LogP contribution in [0.3, 0.4) is 0 Å². The first-order valence-electron chi connectivity index (χ1n) is 1.64. The van der Waals surface area contributed by atoms with Gasteiger partial charge in [-0.25, -0.2) is 0 Å². The molecule has 0 aliphatic carbocycles. The van der Waals surface area contributed by atoms with E-state index in [0.29, 0.717) is 0 Å². The molecule has 3 heteroatoms. The molecule has 1 rings (SSSR count). The van der Waals surface area contributed by atoms with Crippen LogP contribution in [0.4, 0.5) is 0 Å². The van der Waals surface area contributed by atoms with Gasteiger partial charge in [0.25, 0.3) is 0 Å². The van der Waals surface area contributed by atoms with E-state index in [9.17, 15) is 0 Å². The summed E-state index contributed by atoms with van der Waals surface area (Å²) in [6.45, 7) is 0.